The van der Waals surface area contributed by atoms with Crippen LogP contribution in [0.1, 0.15) is 27.0 Å². The van der Waals surface area contributed by atoms with E-state index in [0.29, 0.717) is 58.0 Å². The highest BCUT2D eigenvalue weighted by Gasteiger charge is 2.25. The molecular formula is C30H26ClFN6O2. The molecule has 2 aliphatic rings. The molecule has 40 heavy (non-hydrogen) atoms. The Morgan fingerprint density at radius 2 is 1.90 bits per heavy atom. The monoisotopic (exact) mass is 556 g/mol. The molecule has 0 spiro atoms. The lowest BCUT2D eigenvalue weighted by Gasteiger charge is -2.27. The minimum absolute atomic E-state index is 0.00736. The molecule has 0 unspecified atom stereocenters. The van der Waals surface area contributed by atoms with Crippen LogP contribution in [-0.2, 0) is 6.54 Å². The second kappa shape index (κ2) is 11.0. The topological polar surface area (TPSA) is 91.7 Å². The van der Waals surface area contributed by atoms with Gasteiger partial charge in [-0.25, -0.2) is 14.4 Å². The number of ether oxygens (including phenoxy) is 1. The molecule has 1 amide bonds. The van der Waals surface area contributed by atoms with E-state index in [4.69, 9.17) is 26.3 Å². The van der Waals surface area contributed by atoms with Crippen LogP contribution in [0, 0.1) is 5.82 Å². The number of halogens is 2. The van der Waals surface area contributed by atoms with Crippen LogP contribution >= 0.6 is 11.6 Å². The SMILES string of the molecule is COc1cccc(F)c1C1=NCc2cnc(Nc3cccc(C(=O)N4CCNCC4)c3)nc2-c2ccc(Cl)cc21. The van der Waals surface area contributed by atoms with Crippen LogP contribution in [0.4, 0.5) is 16.0 Å². The highest BCUT2D eigenvalue weighted by Crippen LogP contribution is 2.36. The zero-order valence-electron chi connectivity index (χ0n) is 21.7. The summed E-state index contributed by atoms with van der Waals surface area (Å²) in [5, 5.41) is 6.99. The van der Waals surface area contributed by atoms with E-state index in [2.05, 4.69) is 15.6 Å². The summed E-state index contributed by atoms with van der Waals surface area (Å²) in [6.07, 6.45) is 1.71. The third-order valence-corrected chi connectivity index (χ3v) is 7.20. The first-order chi connectivity index (χ1) is 19.5. The summed E-state index contributed by atoms with van der Waals surface area (Å²) in [4.78, 5) is 29.0. The number of carbonyl (C=O) groups excluding carboxylic acids is 1. The van der Waals surface area contributed by atoms with Gasteiger partial charge < -0.3 is 20.3 Å². The molecular weight excluding hydrogens is 531 g/mol. The normalized spacial score (nSPS) is 14.5. The number of hydrogen-bond acceptors (Lipinski definition) is 7. The molecule has 3 heterocycles. The molecule has 2 N–H and O–H groups in total. The molecule has 3 aromatic carbocycles. The first-order valence-electron chi connectivity index (χ1n) is 12.9. The molecule has 0 saturated carbocycles. The van der Waals surface area contributed by atoms with E-state index in [9.17, 15) is 4.79 Å². The molecule has 1 saturated heterocycles. The zero-order chi connectivity index (χ0) is 27.6. The van der Waals surface area contributed by atoms with Gasteiger partial charge in [-0.1, -0.05) is 29.8 Å². The van der Waals surface area contributed by atoms with Crippen molar-refractivity contribution < 1.29 is 13.9 Å². The van der Waals surface area contributed by atoms with Crippen molar-refractivity contribution in [1.29, 1.82) is 0 Å². The fourth-order valence-corrected chi connectivity index (χ4v) is 5.18. The number of aromatic nitrogens is 2. The van der Waals surface area contributed by atoms with Crippen LogP contribution in [0.25, 0.3) is 11.3 Å². The Hall–Kier alpha value is -4.34. The van der Waals surface area contributed by atoms with Crippen molar-refractivity contribution in [1.82, 2.24) is 20.2 Å². The fourth-order valence-electron chi connectivity index (χ4n) is 5.01. The second-order valence-corrected chi connectivity index (χ2v) is 9.92. The minimum Gasteiger partial charge on any atom is -0.496 e. The van der Waals surface area contributed by atoms with Crippen molar-refractivity contribution in [2.75, 3.05) is 38.6 Å². The van der Waals surface area contributed by atoms with Gasteiger partial charge in [-0.15, -0.1) is 0 Å². The Bertz CT molecular complexity index is 1640. The first-order valence-corrected chi connectivity index (χ1v) is 13.3. The molecule has 6 rings (SSSR count). The van der Waals surface area contributed by atoms with Gasteiger partial charge in [-0.3, -0.25) is 9.79 Å². The number of aliphatic imine (C=N–C) groups is 1. The van der Waals surface area contributed by atoms with Gasteiger partial charge in [0.05, 0.1) is 30.6 Å². The van der Waals surface area contributed by atoms with Gasteiger partial charge >= 0.3 is 0 Å². The van der Waals surface area contributed by atoms with Gasteiger partial charge in [0.2, 0.25) is 5.95 Å². The molecule has 2 aliphatic heterocycles. The lowest BCUT2D eigenvalue weighted by atomic mass is 9.94. The lowest BCUT2D eigenvalue weighted by Crippen LogP contribution is -2.46. The highest BCUT2D eigenvalue weighted by molar-refractivity contribution is 6.31. The van der Waals surface area contributed by atoms with E-state index in [1.165, 1.54) is 13.2 Å². The van der Waals surface area contributed by atoms with Crippen molar-refractivity contribution in [2.45, 2.75) is 6.54 Å². The smallest absolute Gasteiger partial charge is 0.254 e. The Morgan fingerprint density at radius 1 is 1.07 bits per heavy atom. The van der Waals surface area contributed by atoms with Gasteiger partial charge in [0.1, 0.15) is 11.6 Å². The molecule has 10 heteroatoms. The average molecular weight is 557 g/mol. The maximum atomic E-state index is 15.1. The number of amides is 1. The Kier molecular flexibility index (Phi) is 7.15. The molecule has 4 aromatic rings. The van der Waals surface area contributed by atoms with Crippen molar-refractivity contribution in [3.05, 3.63) is 100.0 Å². The number of fused-ring (bicyclic) bond motifs is 3. The maximum absolute atomic E-state index is 15.1. The minimum atomic E-state index is -0.446. The van der Waals surface area contributed by atoms with Gasteiger partial charge in [0.25, 0.3) is 5.91 Å². The number of hydrogen-bond donors (Lipinski definition) is 2. The first kappa shape index (κ1) is 25.9. The number of methoxy groups -OCH3 is 1. The van der Waals surface area contributed by atoms with Crippen molar-refractivity contribution in [3.63, 3.8) is 0 Å². The highest BCUT2D eigenvalue weighted by atomic mass is 35.5. The summed E-state index contributed by atoms with van der Waals surface area (Å²) in [7, 11) is 1.50. The van der Waals surface area contributed by atoms with E-state index in [1.54, 1.807) is 36.5 Å². The van der Waals surface area contributed by atoms with Gasteiger partial charge in [-0.2, -0.15) is 0 Å². The van der Waals surface area contributed by atoms with E-state index < -0.39 is 5.82 Å². The predicted molar refractivity (Wildman–Crippen MR) is 153 cm³/mol. The van der Waals surface area contributed by atoms with Crippen LogP contribution in [0.2, 0.25) is 5.02 Å². The molecule has 0 bridgehead atoms. The van der Waals surface area contributed by atoms with Crippen LogP contribution in [0.5, 0.6) is 5.75 Å². The lowest BCUT2D eigenvalue weighted by molar-refractivity contribution is 0.0736. The van der Waals surface area contributed by atoms with Gasteiger partial charge in [0, 0.05) is 65.3 Å². The Morgan fingerprint density at radius 3 is 2.73 bits per heavy atom. The predicted octanol–water partition coefficient (Wildman–Crippen LogP) is 5.08. The van der Waals surface area contributed by atoms with E-state index in [0.717, 1.165) is 24.2 Å². The summed E-state index contributed by atoms with van der Waals surface area (Å²) < 4.78 is 20.6. The van der Waals surface area contributed by atoms with Crippen LogP contribution in [0.15, 0.2) is 71.9 Å². The number of rotatable bonds is 5. The summed E-state index contributed by atoms with van der Waals surface area (Å²) in [6.45, 7) is 3.17. The van der Waals surface area contributed by atoms with Gasteiger partial charge in [0.15, 0.2) is 0 Å². The molecule has 202 valence electrons. The van der Waals surface area contributed by atoms with Crippen molar-refractivity contribution in [2.24, 2.45) is 4.99 Å². The molecule has 8 nitrogen and oxygen atoms in total. The number of carbonyl (C=O) groups is 1. The zero-order valence-corrected chi connectivity index (χ0v) is 22.5. The molecule has 1 aromatic heterocycles. The third kappa shape index (κ3) is 5.01. The number of nitrogens with zero attached hydrogens (tertiary/aromatic N) is 4. The molecule has 0 atom stereocenters. The summed E-state index contributed by atoms with van der Waals surface area (Å²) >= 11 is 6.40. The standard InChI is InChI=1S/C30H26ClFN6O2/c1-40-25-7-3-6-24(32)26(25)28-23-15-20(31)8-9-22(23)27-19(16-34-28)17-35-30(37-27)36-21-5-2-4-18(14-21)29(39)38-12-10-33-11-13-38/h2-9,14-15,17,33H,10-13,16H2,1H3,(H,35,36,37). The Balaban J connectivity index is 1.36. The summed E-state index contributed by atoms with van der Waals surface area (Å²) in [5.74, 6) is 0.281. The average Bonchev–Trinajstić information content (AvgIpc) is 3.13. The maximum Gasteiger partial charge on any atom is 0.254 e. The summed E-state index contributed by atoms with van der Waals surface area (Å²) in [5.41, 5.74) is 4.81. The molecule has 1 fully saturated rings. The second-order valence-electron chi connectivity index (χ2n) is 9.49. The van der Waals surface area contributed by atoms with Crippen molar-refractivity contribution in [3.8, 4) is 17.0 Å². The van der Waals surface area contributed by atoms with E-state index >= 15 is 4.39 Å². The molecule has 0 aliphatic carbocycles. The molecule has 0 radical (unpaired) electrons. The van der Waals surface area contributed by atoms with Crippen LogP contribution in [-0.4, -0.2) is 59.8 Å². The van der Waals surface area contributed by atoms with Crippen LogP contribution in [0.3, 0.4) is 0 Å². The largest absolute Gasteiger partial charge is 0.496 e. The van der Waals surface area contributed by atoms with Crippen molar-refractivity contribution >= 4 is 34.9 Å². The number of nitrogens with one attached hydrogen (secondary N) is 2. The van der Waals surface area contributed by atoms with Gasteiger partial charge in [-0.05, 0) is 42.5 Å². The summed E-state index contributed by atoms with van der Waals surface area (Å²) in [6, 6.07) is 17.4. The quantitative estimate of drug-likeness (QED) is 0.356. The third-order valence-electron chi connectivity index (χ3n) is 6.97. The fraction of sp³-hybridized carbons (Fsp3) is 0.200. The van der Waals surface area contributed by atoms with E-state index in [1.807, 2.05) is 29.2 Å². The van der Waals surface area contributed by atoms with Crippen LogP contribution < -0.4 is 15.4 Å². The number of benzene rings is 3. The Labute approximate surface area is 235 Å². The van der Waals surface area contributed by atoms with E-state index in [-0.39, 0.29) is 18.0 Å². The number of anilines is 2. The number of piperazine rings is 1.